The van der Waals surface area contributed by atoms with E-state index in [4.69, 9.17) is 0 Å². The SMILES string of the molecule is C[n+]1ccn(-c2ccccc2Br)c1. The van der Waals surface area contributed by atoms with Gasteiger partial charge in [0, 0.05) is 0 Å². The smallest absolute Gasteiger partial charge is 0.239 e. The maximum absolute atomic E-state index is 3.51. The highest BCUT2D eigenvalue weighted by Gasteiger charge is 2.06. The molecule has 0 aliphatic heterocycles. The highest BCUT2D eigenvalue weighted by Crippen LogP contribution is 2.19. The van der Waals surface area contributed by atoms with Gasteiger partial charge in [-0.2, -0.15) is 0 Å². The number of halogens is 1. The Balaban J connectivity index is 2.52. The summed E-state index contributed by atoms with van der Waals surface area (Å²) in [4.78, 5) is 0. The molecule has 13 heavy (non-hydrogen) atoms. The molecule has 2 rings (SSSR count). The Labute approximate surface area is 85.6 Å². The quantitative estimate of drug-likeness (QED) is 0.672. The van der Waals surface area contributed by atoms with Crippen LogP contribution in [0.2, 0.25) is 0 Å². The number of hydrogen-bond donors (Lipinski definition) is 0. The highest BCUT2D eigenvalue weighted by atomic mass is 79.9. The van der Waals surface area contributed by atoms with E-state index < -0.39 is 0 Å². The minimum absolute atomic E-state index is 1.10. The predicted octanol–water partition coefficient (Wildman–Crippen LogP) is 2.06. The second-order valence-electron chi connectivity index (χ2n) is 2.94. The Morgan fingerprint density at radius 1 is 1.31 bits per heavy atom. The van der Waals surface area contributed by atoms with Gasteiger partial charge in [0.25, 0.3) is 0 Å². The Bertz CT molecular complexity index is 420. The van der Waals surface area contributed by atoms with Crippen molar-refractivity contribution >= 4 is 15.9 Å². The largest absolute Gasteiger partial charge is 0.248 e. The first-order chi connectivity index (χ1) is 6.27. The number of hydrogen-bond acceptors (Lipinski definition) is 0. The molecule has 3 heteroatoms. The van der Waals surface area contributed by atoms with Crippen LogP contribution < -0.4 is 4.57 Å². The monoisotopic (exact) mass is 237 g/mol. The maximum atomic E-state index is 3.51. The first-order valence-electron chi connectivity index (χ1n) is 4.05. The predicted molar refractivity (Wildman–Crippen MR) is 54.6 cm³/mol. The molecule has 0 N–H and O–H groups in total. The lowest BCUT2D eigenvalue weighted by atomic mass is 10.3. The molecule has 0 aliphatic rings. The molecule has 0 unspecified atom stereocenters. The third kappa shape index (κ3) is 1.65. The average molecular weight is 238 g/mol. The van der Waals surface area contributed by atoms with Crippen LogP contribution >= 0.6 is 15.9 Å². The summed E-state index contributed by atoms with van der Waals surface area (Å²) in [5, 5.41) is 0. The number of para-hydroxylation sites is 1. The molecular weight excluding hydrogens is 228 g/mol. The van der Waals surface area contributed by atoms with Gasteiger partial charge in [0.2, 0.25) is 6.33 Å². The standard InChI is InChI=1S/C10H10BrN2/c1-12-6-7-13(8-12)10-5-3-2-4-9(10)11/h2-8H,1H3/q+1. The summed E-state index contributed by atoms with van der Waals surface area (Å²) in [6.45, 7) is 0. The van der Waals surface area contributed by atoms with Crippen molar-refractivity contribution in [3.63, 3.8) is 0 Å². The Morgan fingerprint density at radius 3 is 2.69 bits per heavy atom. The van der Waals surface area contributed by atoms with Gasteiger partial charge in [-0.25, -0.2) is 9.13 Å². The van der Waals surface area contributed by atoms with Crippen molar-refractivity contribution in [3.8, 4) is 5.69 Å². The van der Waals surface area contributed by atoms with Gasteiger partial charge >= 0.3 is 0 Å². The second kappa shape index (κ2) is 3.34. The van der Waals surface area contributed by atoms with Crippen molar-refractivity contribution in [3.05, 3.63) is 47.5 Å². The lowest BCUT2D eigenvalue weighted by Crippen LogP contribution is -2.23. The van der Waals surface area contributed by atoms with E-state index >= 15 is 0 Å². The zero-order valence-corrected chi connectivity index (χ0v) is 8.90. The van der Waals surface area contributed by atoms with Crippen molar-refractivity contribution in [2.45, 2.75) is 0 Å². The Morgan fingerprint density at radius 2 is 2.08 bits per heavy atom. The molecule has 0 amide bonds. The van der Waals surface area contributed by atoms with Gasteiger partial charge in [0.1, 0.15) is 18.1 Å². The molecular formula is C10H10BrN2+. The fourth-order valence-electron chi connectivity index (χ4n) is 1.25. The van der Waals surface area contributed by atoms with Gasteiger partial charge in [-0.3, -0.25) is 0 Å². The number of aromatic nitrogens is 2. The topological polar surface area (TPSA) is 8.81 Å². The van der Waals surface area contributed by atoms with Gasteiger partial charge in [0.15, 0.2) is 0 Å². The van der Waals surface area contributed by atoms with Gasteiger partial charge in [-0.1, -0.05) is 12.1 Å². The summed E-state index contributed by atoms with van der Waals surface area (Å²) in [5.74, 6) is 0. The van der Waals surface area contributed by atoms with Crippen LogP contribution in [-0.4, -0.2) is 4.57 Å². The molecule has 0 atom stereocenters. The molecule has 1 aromatic heterocycles. The van der Waals surface area contributed by atoms with E-state index in [-0.39, 0.29) is 0 Å². The molecule has 0 radical (unpaired) electrons. The Hall–Kier alpha value is -1.09. The van der Waals surface area contributed by atoms with Crippen LogP contribution in [0.5, 0.6) is 0 Å². The lowest BCUT2D eigenvalue weighted by molar-refractivity contribution is -0.670. The summed E-state index contributed by atoms with van der Waals surface area (Å²) in [5.41, 5.74) is 1.16. The third-order valence-corrected chi connectivity index (χ3v) is 2.57. The van der Waals surface area contributed by atoms with E-state index in [1.165, 1.54) is 0 Å². The van der Waals surface area contributed by atoms with Crippen molar-refractivity contribution in [1.29, 1.82) is 0 Å². The number of imidazole rings is 1. The van der Waals surface area contributed by atoms with E-state index in [0.29, 0.717) is 0 Å². The molecule has 1 aromatic carbocycles. The zero-order valence-electron chi connectivity index (χ0n) is 7.31. The van der Waals surface area contributed by atoms with Crippen LogP contribution in [-0.2, 0) is 7.05 Å². The van der Waals surface area contributed by atoms with Crippen LogP contribution in [0.15, 0.2) is 47.5 Å². The number of nitrogens with zero attached hydrogens (tertiary/aromatic N) is 2. The zero-order chi connectivity index (χ0) is 9.26. The molecule has 0 saturated heterocycles. The average Bonchev–Trinajstić information content (AvgIpc) is 2.53. The molecule has 66 valence electrons. The maximum Gasteiger partial charge on any atom is 0.248 e. The molecule has 0 saturated carbocycles. The lowest BCUT2D eigenvalue weighted by Gasteiger charge is -1.97. The molecule has 0 fully saturated rings. The van der Waals surface area contributed by atoms with Gasteiger partial charge in [-0.05, 0) is 28.1 Å². The molecule has 0 spiro atoms. The molecule has 0 aliphatic carbocycles. The van der Waals surface area contributed by atoms with Gasteiger partial charge < -0.3 is 0 Å². The van der Waals surface area contributed by atoms with Crippen molar-refractivity contribution in [1.82, 2.24) is 4.57 Å². The van der Waals surface area contributed by atoms with Crippen LogP contribution in [0.1, 0.15) is 0 Å². The van der Waals surface area contributed by atoms with Crippen molar-refractivity contribution in [2.75, 3.05) is 0 Å². The first kappa shape index (κ1) is 8.51. The van der Waals surface area contributed by atoms with E-state index in [2.05, 4.69) is 26.6 Å². The molecule has 1 heterocycles. The van der Waals surface area contributed by atoms with Crippen LogP contribution in [0, 0.1) is 0 Å². The van der Waals surface area contributed by atoms with Crippen LogP contribution in [0.25, 0.3) is 5.69 Å². The fourth-order valence-corrected chi connectivity index (χ4v) is 1.74. The summed E-state index contributed by atoms with van der Waals surface area (Å²) >= 11 is 3.51. The molecule has 2 aromatic rings. The first-order valence-corrected chi connectivity index (χ1v) is 4.85. The van der Waals surface area contributed by atoms with Gasteiger partial charge in [0.05, 0.1) is 11.5 Å². The minimum atomic E-state index is 1.10. The van der Waals surface area contributed by atoms with E-state index in [0.717, 1.165) is 10.2 Å². The van der Waals surface area contributed by atoms with E-state index in [1.54, 1.807) is 0 Å². The molecule has 2 nitrogen and oxygen atoms in total. The summed E-state index contributed by atoms with van der Waals surface area (Å²) in [7, 11) is 2.01. The fraction of sp³-hybridized carbons (Fsp3) is 0.100. The summed E-state index contributed by atoms with van der Waals surface area (Å²) in [6, 6.07) is 8.15. The third-order valence-electron chi connectivity index (χ3n) is 1.90. The Kier molecular flexibility index (Phi) is 2.19. The van der Waals surface area contributed by atoms with Crippen molar-refractivity contribution in [2.24, 2.45) is 7.05 Å². The van der Waals surface area contributed by atoms with E-state index in [9.17, 15) is 0 Å². The summed E-state index contributed by atoms with van der Waals surface area (Å²) < 4.78 is 5.19. The number of aryl methyl sites for hydroxylation is 1. The highest BCUT2D eigenvalue weighted by molar-refractivity contribution is 9.10. The second-order valence-corrected chi connectivity index (χ2v) is 3.79. The number of benzene rings is 1. The number of rotatable bonds is 1. The van der Waals surface area contributed by atoms with E-state index in [1.807, 2.05) is 48.5 Å². The summed E-state index contributed by atoms with van der Waals surface area (Å²) in [6.07, 6.45) is 6.07. The normalized spacial score (nSPS) is 10.3. The minimum Gasteiger partial charge on any atom is -0.239 e. The van der Waals surface area contributed by atoms with Crippen LogP contribution in [0.3, 0.4) is 0 Å². The van der Waals surface area contributed by atoms with Gasteiger partial charge in [-0.15, -0.1) is 0 Å². The molecule has 0 bridgehead atoms. The van der Waals surface area contributed by atoms with Crippen molar-refractivity contribution < 1.29 is 4.57 Å². The van der Waals surface area contributed by atoms with Crippen LogP contribution in [0.4, 0.5) is 0 Å².